The van der Waals surface area contributed by atoms with Crippen molar-refractivity contribution in [1.82, 2.24) is 30.4 Å². The minimum absolute atomic E-state index is 0.136. The van der Waals surface area contributed by atoms with Crippen molar-refractivity contribution in [2.45, 2.75) is 81.6 Å². The molecule has 9 nitrogen and oxygen atoms in total. The van der Waals surface area contributed by atoms with Crippen LogP contribution in [0.25, 0.3) is 11.4 Å². The summed E-state index contributed by atoms with van der Waals surface area (Å²) < 4.78 is 45.2. The largest absolute Gasteiger partial charge is 0.417 e. The molecule has 1 unspecified atom stereocenters. The molecular weight excluding hydrogens is 489 g/mol. The van der Waals surface area contributed by atoms with Crippen molar-refractivity contribution >= 4 is 11.8 Å². The Morgan fingerprint density at radius 3 is 2.46 bits per heavy atom. The Balaban J connectivity index is 1.19. The molecule has 2 amide bonds. The van der Waals surface area contributed by atoms with Gasteiger partial charge in [-0.15, -0.1) is 0 Å². The van der Waals surface area contributed by atoms with Crippen molar-refractivity contribution in [1.29, 1.82) is 0 Å². The van der Waals surface area contributed by atoms with E-state index < -0.39 is 11.8 Å². The highest BCUT2D eigenvalue weighted by atomic mass is 19.4. The molecule has 12 heteroatoms. The van der Waals surface area contributed by atoms with E-state index in [-0.39, 0.29) is 55.0 Å². The molecule has 0 radical (unpaired) electrons. The summed E-state index contributed by atoms with van der Waals surface area (Å²) in [6.45, 7) is 2.29. The van der Waals surface area contributed by atoms with Gasteiger partial charge in [-0.1, -0.05) is 0 Å². The number of likely N-dealkylation sites (tertiary alicyclic amines) is 1. The third-order valence-electron chi connectivity index (χ3n) is 8.26. The molecule has 2 saturated carbocycles. The Kier molecular flexibility index (Phi) is 6.49. The first kappa shape index (κ1) is 25.6. The average molecular weight is 521 g/mol. The number of aryl methyl sites for hydroxylation is 1. The second-order valence-corrected chi connectivity index (χ2v) is 10.6. The molecule has 1 atom stereocenters. The lowest BCUT2D eigenvalue weighted by Crippen LogP contribution is -2.54. The molecule has 3 heterocycles. The minimum Gasteiger partial charge on any atom is -0.369 e. The van der Waals surface area contributed by atoms with Gasteiger partial charge in [-0.2, -0.15) is 18.3 Å². The first-order valence-electron chi connectivity index (χ1n) is 12.6. The number of aromatic nitrogens is 4. The summed E-state index contributed by atoms with van der Waals surface area (Å²) >= 11 is 0. The van der Waals surface area contributed by atoms with Gasteiger partial charge in [0.05, 0.1) is 5.69 Å². The van der Waals surface area contributed by atoms with E-state index in [4.69, 9.17) is 4.74 Å². The van der Waals surface area contributed by atoms with E-state index in [1.165, 1.54) is 6.33 Å². The SMILES string of the molecule is COC1(C(F)(F)F)CCC(NC(=O)C2CCN(C(=O)c3cc(-c4cc(C)ncn4)n[nH]3)C3(CC3)C2)CC1. The van der Waals surface area contributed by atoms with Crippen LogP contribution in [0.4, 0.5) is 13.2 Å². The van der Waals surface area contributed by atoms with Crippen molar-refractivity contribution in [3.05, 3.63) is 29.8 Å². The van der Waals surface area contributed by atoms with E-state index in [1.54, 1.807) is 12.1 Å². The highest BCUT2D eigenvalue weighted by Crippen LogP contribution is 2.51. The second kappa shape index (κ2) is 9.38. The van der Waals surface area contributed by atoms with Gasteiger partial charge in [0.1, 0.15) is 17.7 Å². The third kappa shape index (κ3) is 4.83. The first-order chi connectivity index (χ1) is 17.6. The normalized spacial score (nSPS) is 27.2. The lowest BCUT2D eigenvalue weighted by atomic mass is 9.81. The van der Waals surface area contributed by atoms with Gasteiger partial charge in [0, 0.05) is 36.8 Å². The van der Waals surface area contributed by atoms with Crippen molar-refractivity contribution in [2.24, 2.45) is 5.92 Å². The molecule has 0 aromatic carbocycles. The van der Waals surface area contributed by atoms with E-state index >= 15 is 0 Å². The van der Waals surface area contributed by atoms with Crippen molar-refractivity contribution < 1.29 is 27.5 Å². The van der Waals surface area contributed by atoms with Crippen LogP contribution in [0.15, 0.2) is 18.5 Å². The number of hydrogen-bond donors (Lipinski definition) is 2. The Labute approximate surface area is 212 Å². The highest BCUT2D eigenvalue weighted by Gasteiger charge is 2.57. The fourth-order valence-corrected chi connectivity index (χ4v) is 5.81. The number of hydrogen-bond acceptors (Lipinski definition) is 6. The maximum atomic E-state index is 13.4. The fourth-order valence-electron chi connectivity index (χ4n) is 5.81. The molecule has 3 aliphatic rings. The smallest absolute Gasteiger partial charge is 0.369 e. The van der Waals surface area contributed by atoms with Crippen LogP contribution in [0.2, 0.25) is 0 Å². The first-order valence-corrected chi connectivity index (χ1v) is 12.6. The van der Waals surface area contributed by atoms with Crippen LogP contribution in [-0.2, 0) is 9.53 Å². The van der Waals surface area contributed by atoms with E-state index in [0.29, 0.717) is 36.5 Å². The van der Waals surface area contributed by atoms with Gasteiger partial charge in [0.25, 0.3) is 5.91 Å². The zero-order valence-corrected chi connectivity index (χ0v) is 20.9. The number of rotatable bonds is 5. The highest BCUT2D eigenvalue weighted by molar-refractivity contribution is 5.94. The number of carbonyl (C=O) groups is 2. The van der Waals surface area contributed by atoms with Crippen molar-refractivity contribution in [2.75, 3.05) is 13.7 Å². The maximum Gasteiger partial charge on any atom is 0.417 e. The van der Waals surface area contributed by atoms with Crippen LogP contribution in [0.1, 0.15) is 67.5 Å². The predicted octanol–water partition coefficient (Wildman–Crippen LogP) is 3.57. The Hall–Kier alpha value is -3.02. The number of alkyl halides is 3. The summed E-state index contributed by atoms with van der Waals surface area (Å²) in [5.41, 5.74) is -0.138. The summed E-state index contributed by atoms with van der Waals surface area (Å²) in [4.78, 5) is 36.5. The number of H-pyrrole nitrogens is 1. The van der Waals surface area contributed by atoms with Gasteiger partial charge in [-0.3, -0.25) is 14.7 Å². The van der Waals surface area contributed by atoms with Gasteiger partial charge in [-0.05, 0) is 70.4 Å². The zero-order valence-electron chi connectivity index (χ0n) is 20.9. The molecule has 37 heavy (non-hydrogen) atoms. The number of methoxy groups -OCH3 is 1. The summed E-state index contributed by atoms with van der Waals surface area (Å²) in [5.74, 6) is -0.566. The number of nitrogens with zero attached hydrogens (tertiary/aromatic N) is 4. The topological polar surface area (TPSA) is 113 Å². The van der Waals surface area contributed by atoms with Crippen LogP contribution >= 0.6 is 0 Å². The van der Waals surface area contributed by atoms with Crippen LogP contribution in [-0.4, -0.2) is 73.9 Å². The maximum absolute atomic E-state index is 13.4. The molecule has 2 N–H and O–H groups in total. The fraction of sp³-hybridized carbons (Fsp3) is 0.640. The van der Waals surface area contributed by atoms with Crippen LogP contribution in [0, 0.1) is 12.8 Å². The number of halogens is 3. The van der Waals surface area contributed by atoms with Gasteiger partial charge in [-0.25, -0.2) is 9.97 Å². The number of nitrogens with one attached hydrogen (secondary N) is 2. The zero-order chi connectivity index (χ0) is 26.4. The average Bonchev–Trinajstić information content (AvgIpc) is 3.44. The number of piperidine rings is 1. The van der Waals surface area contributed by atoms with E-state index in [2.05, 4.69) is 25.5 Å². The minimum atomic E-state index is -4.43. The molecule has 2 aliphatic carbocycles. The van der Waals surface area contributed by atoms with Crippen molar-refractivity contribution in [3.8, 4) is 11.4 Å². The summed E-state index contributed by atoms with van der Waals surface area (Å²) in [5, 5.41) is 10.0. The second-order valence-electron chi connectivity index (χ2n) is 10.6. The molecule has 1 saturated heterocycles. The van der Waals surface area contributed by atoms with Crippen LogP contribution in [0.5, 0.6) is 0 Å². The summed E-state index contributed by atoms with van der Waals surface area (Å²) in [7, 11) is 1.09. The standard InChI is InChI=1S/C25H31F3N6O3/c1-15-11-18(30-14-29-15)19-12-20(33-32-19)22(36)34-10-5-16(13-23(34)8-9-23)21(35)31-17-3-6-24(37-2,7-4-17)25(26,27)28/h11-12,14,16-17H,3-10,13H2,1-2H3,(H,31,35)(H,32,33). The van der Waals surface area contributed by atoms with Gasteiger partial charge in [0.15, 0.2) is 5.60 Å². The molecule has 200 valence electrons. The third-order valence-corrected chi connectivity index (χ3v) is 8.26. The lowest BCUT2D eigenvalue weighted by molar-refractivity contribution is -0.280. The summed E-state index contributed by atoms with van der Waals surface area (Å²) in [6, 6.07) is 3.17. The number of carbonyl (C=O) groups excluding carboxylic acids is 2. The monoisotopic (exact) mass is 520 g/mol. The number of aromatic amines is 1. The quantitative estimate of drug-likeness (QED) is 0.623. The number of ether oxygens (including phenoxy) is 1. The molecule has 0 bridgehead atoms. The molecule has 1 spiro atoms. The molecule has 5 rings (SSSR count). The Morgan fingerprint density at radius 1 is 1.11 bits per heavy atom. The number of amides is 2. The van der Waals surface area contributed by atoms with E-state index in [0.717, 1.165) is 25.6 Å². The molecule has 2 aromatic rings. The lowest BCUT2D eigenvalue weighted by Gasteiger charge is -2.42. The van der Waals surface area contributed by atoms with Gasteiger partial charge >= 0.3 is 6.18 Å². The van der Waals surface area contributed by atoms with Crippen molar-refractivity contribution in [3.63, 3.8) is 0 Å². The van der Waals surface area contributed by atoms with Gasteiger partial charge in [0.2, 0.25) is 5.91 Å². The summed E-state index contributed by atoms with van der Waals surface area (Å²) in [6.07, 6.45) is -0.196. The molecular formula is C25H31F3N6O3. The van der Waals surface area contributed by atoms with E-state index in [1.807, 2.05) is 11.8 Å². The molecule has 3 fully saturated rings. The Morgan fingerprint density at radius 2 is 1.84 bits per heavy atom. The Bertz CT molecular complexity index is 1170. The predicted molar refractivity (Wildman–Crippen MR) is 126 cm³/mol. The van der Waals surface area contributed by atoms with Gasteiger partial charge < -0.3 is 15.0 Å². The molecule has 2 aromatic heterocycles. The van der Waals surface area contributed by atoms with E-state index in [9.17, 15) is 22.8 Å². The van der Waals surface area contributed by atoms with Crippen LogP contribution < -0.4 is 5.32 Å². The molecule has 1 aliphatic heterocycles. The van der Waals surface area contributed by atoms with Crippen LogP contribution in [0.3, 0.4) is 0 Å².